The Bertz CT molecular complexity index is 633. The van der Waals surface area contributed by atoms with Gasteiger partial charge in [-0.1, -0.05) is 30.3 Å². The number of fused-ring (bicyclic) bond motifs is 1. The maximum atomic E-state index is 11.2. The number of aliphatic hydroxyl groups is 1. The highest BCUT2D eigenvalue weighted by atomic mass is 16.5. The van der Waals surface area contributed by atoms with Gasteiger partial charge in [0.15, 0.2) is 0 Å². The van der Waals surface area contributed by atoms with Crippen LogP contribution in [-0.2, 0) is 18.4 Å². The minimum absolute atomic E-state index is 0.656. The summed E-state index contributed by atoms with van der Waals surface area (Å²) >= 11 is 0. The Kier molecular flexibility index (Phi) is 3.06. The summed E-state index contributed by atoms with van der Waals surface area (Å²) in [5.41, 5.74) is 4.79. The Morgan fingerprint density at radius 1 is 1.05 bits per heavy atom. The molecule has 20 heavy (non-hydrogen) atoms. The molecule has 2 heteroatoms. The fraction of sp³-hybridized carbons (Fsp3) is 0.333. The molecule has 0 unspecified atom stereocenters. The van der Waals surface area contributed by atoms with Gasteiger partial charge in [-0.05, 0) is 42.2 Å². The highest BCUT2D eigenvalue weighted by Crippen LogP contribution is 2.43. The lowest BCUT2D eigenvalue weighted by Gasteiger charge is -2.27. The molecule has 0 spiro atoms. The molecule has 0 saturated carbocycles. The smallest absolute Gasteiger partial charge is 0.125 e. The van der Waals surface area contributed by atoms with Crippen molar-refractivity contribution >= 4 is 0 Å². The highest BCUT2D eigenvalue weighted by molar-refractivity contribution is 5.50. The van der Waals surface area contributed by atoms with Crippen molar-refractivity contribution in [3.8, 4) is 5.75 Å². The van der Waals surface area contributed by atoms with E-state index in [0.717, 1.165) is 22.4 Å². The van der Waals surface area contributed by atoms with Gasteiger partial charge in [0.2, 0.25) is 0 Å². The molecular formula is C18H20O2. The standard InChI is InChI=1S/C18H20O2/c1-12-8-13(2)17(16(9-12)20-3)18(19)10-14-6-4-5-7-15(14)11-18/h4-9,19H,10-11H2,1-3H3. The summed E-state index contributed by atoms with van der Waals surface area (Å²) < 4.78 is 5.52. The van der Waals surface area contributed by atoms with E-state index < -0.39 is 5.60 Å². The molecule has 104 valence electrons. The molecule has 1 aliphatic rings. The summed E-state index contributed by atoms with van der Waals surface area (Å²) in [6.45, 7) is 4.10. The summed E-state index contributed by atoms with van der Waals surface area (Å²) in [6.07, 6.45) is 1.31. The lowest BCUT2D eigenvalue weighted by Crippen LogP contribution is -2.28. The van der Waals surface area contributed by atoms with Crippen LogP contribution in [-0.4, -0.2) is 12.2 Å². The van der Waals surface area contributed by atoms with E-state index in [4.69, 9.17) is 4.74 Å². The second-order valence-electron chi connectivity index (χ2n) is 5.81. The number of aryl methyl sites for hydroxylation is 2. The predicted octanol–water partition coefficient (Wildman–Crippen LogP) is 3.30. The molecule has 2 nitrogen and oxygen atoms in total. The molecule has 0 radical (unpaired) electrons. The minimum Gasteiger partial charge on any atom is -0.496 e. The molecule has 0 fully saturated rings. The van der Waals surface area contributed by atoms with E-state index >= 15 is 0 Å². The SMILES string of the molecule is COc1cc(C)cc(C)c1C1(O)Cc2ccccc2C1. The Morgan fingerprint density at radius 3 is 2.20 bits per heavy atom. The van der Waals surface area contributed by atoms with Crippen molar-refractivity contribution < 1.29 is 9.84 Å². The third-order valence-corrected chi connectivity index (χ3v) is 4.21. The summed E-state index contributed by atoms with van der Waals surface area (Å²) in [6, 6.07) is 12.4. The minimum atomic E-state index is -0.854. The Morgan fingerprint density at radius 2 is 1.65 bits per heavy atom. The van der Waals surface area contributed by atoms with Gasteiger partial charge in [0.1, 0.15) is 11.4 Å². The highest BCUT2D eigenvalue weighted by Gasteiger charge is 2.39. The van der Waals surface area contributed by atoms with Crippen LogP contribution in [0.4, 0.5) is 0 Å². The molecule has 2 aromatic rings. The normalized spacial score (nSPS) is 16.0. The van der Waals surface area contributed by atoms with Gasteiger partial charge >= 0.3 is 0 Å². The number of benzene rings is 2. The first-order chi connectivity index (χ1) is 9.53. The molecule has 0 saturated heterocycles. The van der Waals surface area contributed by atoms with Gasteiger partial charge in [-0.3, -0.25) is 0 Å². The van der Waals surface area contributed by atoms with E-state index in [1.807, 2.05) is 32.0 Å². The average Bonchev–Trinajstić information content (AvgIpc) is 2.74. The van der Waals surface area contributed by atoms with E-state index in [1.165, 1.54) is 11.1 Å². The molecular weight excluding hydrogens is 248 g/mol. The number of methoxy groups -OCH3 is 1. The van der Waals surface area contributed by atoms with Crippen molar-refractivity contribution in [1.82, 2.24) is 0 Å². The second-order valence-corrected chi connectivity index (χ2v) is 5.81. The Labute approximate surface area is 120 Å². The summed E-state index contributed by atoms with van der Waals surface area (Å²) in [4.78, 5) is 0. The van der Waals surface area contributed by atoms with Crippen LogP contribution in [0.5, 0.6) is 5.75 Å². The maximum absolute atomic E-state index is 11.2. The van der Waals surface area contributed by atoms with Crippen LogP contribution in [0.15, 0.2) is 36.4 Å². The van der Waals surface area contributed by atoms with Crippen molar-refractivity contribution in [3.63, 3.8) is 0 Å². The zero-order valence-corrected chi connectivity index (χ0v) is 12.2. The second kappa shape index (κ2) is 4.64. The molecule has 1 N–H and O–H groups in total. The summed E-state index contributed by atoms with van der Waals surface area (Å²) in [5, 5.41) is 11.2. The molecule has 0 atom stereocenters. The van der Waals surface area contributed by atoms with Gasteiger partial charge in [-0.2, -0.15) is 0 Å². The van der Waals surface area contributed by atoms with Crippen LogP contribution in [0.2, 0.25) is 0 Å². The van der Waals surface area contributed by atoms with Gasteiger partial charge in [0, 0.05) is 18.4 Å². The van der Waals surface area contributed by atoms with Gasteiger partial charge < -0.3 is 9.84 Å². The quantitative estimate of drug-likeness (QED) is 0.905. The molecule has 0 heterocycles. The lowest BCUT2D eigenvalue weighted by atomic mass is 9.86. The molecule has 2 aromatic carbocycles. The van der Waals surface area contributed by atoms with Crippen LogP contribution in [0.1, 0.15) is 27.8 Å². The first-order valence-electron chi connectivity index (χ1n) is 6.98. The maximum Gasteiger partial charge on any atom is 0.125 e. The van der Waals surface area contributed by atoms with Crippen molar-refractivity contribution in [3.05, 3.63) is 64.2 Å². The van der Waals surface area contributed by atoms with Gasteiger partial charge in [-0.25, -0.2) is 0 Å². The molecule has 0 amide bonds. The van der Waals surface area contributed by atoms with E-state index in [2.05, 4.69) is 18.2 Å². The van der Waals surface area contributed by atoms with Gasteiger partial charge in [0.25, 0.3) is 0 Å². The van der Waals surface area contributed by atoms with Gasteiger partial charge in [0.05, 0.1) is 7.11 Å². The summed E-state index contributed by atoms with van der Waals surface area (Å²) in [5.74, 6) is 0.790. The Hall–Kier alpha value is -1.80. The fourth-order valence-corrected chi connectivity index (χ4v) is 3.46. The van der Waals surface area contributed by atoms with E-state index in [0.29, 0.717) is 12.8 Å². The van der Waals surface area contributed by atoms with Crippen LogP contribution in [0.25, 0.3) is 0 Å². The first-order valence-corrected chi connectivity index (χ1v) is 6.98. The van der Waals surface area contributed by atoms with Gasteiger partial charge in [-0.15, -0.1) is 0 Å². The van der Waals surface area contributed by atoms with Crippen LogP contribution >= 0.6 is 0 Å². The molecule has 0 aromatic heterocycles. The first kappa shape index (κ1) is 13.2. The third-order valence-electron chi connectivity index (χ3n) is 4.21. The zero-order chi connectivity index (χ0) is 14.3. The molecule has 0 bridgehead atoms. The van der Waals surface area contributed by atoms with E-state index in [1.54, 1.807) is 7.11 Å². The van der Waals surface area contributed by atoms with E-state index in [9.17, 15) is 5.11 Å². The van der Waals surface area contributed by atoms with Crippen molar-refractivity contribution in [1.29, 1.82) is 0 Å². The van der Waals surface area contributed by atoms with Crippen LogP contribution < -0.4 is 4.74 Å². The van der Waals surface area contributed by atoms with E-state index in [-0.39, 0.29) is 0 Å². The zero-order valence-electron chi connectivity index (χ0n) is 12.2. The molecule has 3 rings (SSSR count). The topological polar surface area (TPSA) is 29.5 Å². The monoisotopic (exact) mass is 268 g/mol. The van der Waals surface area contributed by atoms with Crippen molar-refractivity contribution in [2.24, 2.45) is 0 Å². The van der Waals surface area contributed by atoms with Crippen molar-refractivity contribution in [2.75, 3.05) is 7.11 Å². The number of ether oxygens (including phenoxy) is 1. The summed E-state index contributed by atoms with van der Waals surface area (Å²) in [7, 11) is 1.67. The lowest BCUT2D eigenvalue weighted by molar-refractivity contribution is 0.0450. The number of rotatable bonds is 2. The Balaban J connectivity index is 2.11. The number of hydrogen-bond donors (Lipinski definition) is 1. The predicted molar refractivity (Wildman–Crippen MR) is 80.2 cm³/mol. The molecule has 0 aliphatic heterocycles. The van der Waals surface area contributed by atoms with Crippen LogP contribution in [0.3, 0.4) is 0 Å². The third kappa shape index (κ3) is 2.01. The largest absolute Gasteiger partial charge is 0.496 e. The molecule has 1 aliphatic carbocycles. The average molecular weight is 268 g/mol. The fourth-order valence-electron chi connectivity index (χ4n) is 3.46. The number of hydrogen-bond acceptors (Lipinski definition) is 2. The van der Waals surface area contributed by atoms with Crippen molar-refractivity contribution in [2.45, 2.75) is 32.3 Å². The van der Waals surface area contributed by atoms with Crippen LogP contribution in [0, 0.1) is 13.8 Å².